The molecule has 17 heavy (non-hydrogen) atoms. The Morgan fingerprint density at radius 1 is 1.47 bits per heavy atom. The van der Waals surface area contributed by atoms with Crippen molar-refractivity contribution in [3.63, 3.8) is 0 Å². The molecule has 3 N–H and O–H groups in total. The smallest absolute Gasteiger partial charge is 0.357 e. The Hall–Kier alpha value is -1.63. The molecule has 1 rings (SSSR count). The van der Waals surface area contributed by atoms with Gasteiger partial charge in [-0.2, -0.15) is 0 Å². The molecule has 0 fully saturated rings. The van der Waals surface area contributed by atoms with Gasteiger partial charge in [-0.1, -0.05) is 0 Å². The summed E-state index contributed by atoms with van der Waals surface area (Å²) in [6.07, 6.45) is 0. The quantitative estimate of drug-likeness (QED) is 0.753. The molecule has 0 atom stereocenters. The molecule has 94 valence electrons. The highest BCUT2D eigenvalue weighted by Crippen LogP contribution is 2.19. The maximum Gasteiger partial charge on any atom is 0.357 e. The number of thiazole rings is 1. The minimum absolute atomic E-state index is 0.0275. The van der Waals surface area contributed by atoms with Gasteiger partial charge in [0.2, 0.25) is 5.91 Å². The van der Waals surface area contributed by atoms with E-state index in [9.17, 15) is 9.59 Å². The lowest BCUT2D eigenvalue weighted by atomic mass is 10.1. The predicted molar refractivity (Wildman–Crippen MR) is 65.5 cm³/mol. The Balaban J connectivity index is 2.53. The van der Waals surface area contributed by atoms with Gasteiger partial charge in [0, 0.05) is 5.54 Å². The number of hydrogen-bond acceptors (Lipinski definition) is 5. The molecule has 7 heteroatoms. The maximum atomic E-state index is 11.5. The number of amides is 1. The minimum Gasteiger partial charge on any atom is -0.476 e. The number of carboxylic acid groups (broad SMARTS) is 1. The third kappa shape index (κ3) is 4.39. The van der Waals surface area contributed by atoms with E-state index < -0.39 is 5.97 Å². The third-order valence-corrected chi connectivity index (χ3v) is 2.48. The number of rotatable bonds is 4. The van der Waals surface area contributed by atoms with Gasteiger partial charge in [0.25, 0.3) is 0 Å². The normalized spacial score (nSPS) is 11.0. The van der Waals surface area contributed by atoms with Crippen molar-refractivity contribution in [3.05, 3.63) is 11.2 Å². The second-order valence-electron chi connectivity index (χ2n) is 4.49. The molecule has 0 spiro atoms. The number of nitrogens with zero attached hydrogens (tertiary/aromatic N) is 1. The number of aromatic carboxylic acids is 1. The molecule has 0 aliphatic heterocycles. The monoisotopic (exact) mass is 257 g/mol. The zero-order valence-corrected chi connectivity index (χ0v) is 10.7. The fraction of sp³-hybridized carbons (Fsp3) is 0.500. The molecule has 0 saturated carbocycles. The first-order valence-corrected chi connectivity index (χ1v) is 5.89. The van der Waals surface area contributed by atoms with Gasteiger partial charge in [-0.15, -0.1) is 11.3 Å². The van der Waals surface area contributed by atoms with E-state index in [2.05, 4.69) is 15.6 Å². The van der Waals surface area contributed by atoms with Crippen LogP contribution < -0.4 is 10.6 Å². The molecule has 0 aliphatic carbocycles. The van der Waals surface area contributed by atoms with Gasteiger partial charge in [-0.25, -0.2) is 9.78 Å². The Morgan fingerprint density at radius 3 is 2.65 bits per heavy atom. The van der Waals surface area contributed by atoms with Crippen molar-refractivity contribution >= 4 is 28.2 Å². The topological polar surface area (TPSA) is 91.3 Å². The van der Waals surface area contributed by atoms with E-state index in [1.54, 1.807) is 0 Å². The second kappa shape index (κ2) is 5.13. The fourth-order valence-electron chi connectivity index (χ4n) is 1.15. The van der Waals surface area contributed by atoms with Crippen molar-refractivity contribution in [1.82, 2.24) is 10.3 Å². The highest BCUT2D eigenvalue weighted by Gasteiger charge is 2.16. The number of carbonyl (C=O) groups is 2. The highest BCUT2D eigenvalue weighted by molar-refractivity contribution is 7.14. The lowest BCUT2D eigenvalue weighted by Crippen LogP contribution is -2.43. The van der Waals surface area contributed by atoms with Gasteiger partial charge in [-0.05, 0) is 20.8 Å². The van der Waals surface area contributed by atoms with Gasteiger partial charge in [-0.3, -0.25) is 4.79 Å². The summed E-state index contributed by atoms with van der Waals surface area (Å²) in [6.45, 7) is 5.65. The van der Waals surface area contributed by atoms with Crippen molar-refractivity contribution in [2.45, 2.75) is 26.3 Å². The van der Waals surface area contributed by atoms with Crippen LogP contribution >= 0.6 is 11.3 Å². The largest absolute Gasteiger partial charge is 0.476 e. The van der Waals surface area contributed by atoms with Crippen molar-refractivity contribution in [2.24, 2.45) is 0 Å². The Kier molecular flexibility index (Phi) is 4.06. The fourth-order valence-corrected chi connectivity index (χ4v) is 1.82. The highest BCUT2D eigenvalue weighted by atomic mass is 32.1. The van der Waals surface area contributed by atoms with Gasteiger partial charge >= 0.3 is 5.97 Å². The Morgan fingerprint density at radius 2 is 2.12 bits per heavy atom. The van der Waals surface area contributed by atoms with Gasteiger partial charge in [0.05, 0.1) is 12.1 Å². The number of anilines is 1. The van der Waals surface area contributed by atoms with Crippen molar-refractivity contribution in [2.75, 3.05) is 11.9 Å². The van der Waals surface area contributed by atoms with Crippen LogP contribution in [-0.2, 0) is 4.79 Å². The SMILES string of the molecule is CC(C)(C)NC(=O)CNc1scnc1C(=O)O. The lowest BCUT2D eigenvalue weighted by molar-refractivity contribution is -0.120. The number of aromatic nitrogens is 1. The second-order valence-corrected chi connectivity index (χ2v) is 5.34. The molecule has 0 bridgehead atoms. The van der Waals surface area contributed by atoms with E-state index in [0.29, 0.717) is 5.00 Å². The molecule has 1 amide bonds. The van der Waals surface area contributed by atoms with Crippen LogP contribution in [0.5, 0.6) is 0 Å². The summed E-state index contributed by atoms with van der Waals surface area (Å²) in [5.74, 6) is -1.30. The van der Waals surface area contributed by atoms with E-state index in [0.717, 1.165) is 11.3 Å². The molecule has 1 aromatic heterocycles. The summed E-state index contributed by atoms with van der Waals surface area (Å²) in [5.41, 5.74) is 1.06. The van der Waals surface area contributed by atoms with Gasteiger partial charge < -0.3 is 15.7 Å². The van der Waals surface area contributed by atoms with E-state index in [4.69, 9.17) is 5.11 Å². The molecule has 6 nitrogen and oxygen atoms in total. The molecule has 1 heterocycles. The number of hydrogen-bond donors (Lipinski definition) is 3. The van der Waals surface area contributed by atoms with Crippen LogP contribution in [0.3, 0.4) is 0 Å². The third-order valence-electron chi connectivity index (χ3n) is 1.69. The van der Waals surface area contributed by atoms with E-state index in [1.807, 2.05) is 20.8 Å². The lowest BCUT2D eigenvalue weighted by Gasteiger charge is -2.20. The number of nitrogens with one attached hydrogen (secondary N) is 2. The first-order valence-electron chi connectivity index (χ1n) is 5.01. The van der Waals surface area contributed by atoms with Crippen LogP contribution in [0.2, 0.25) is 0 Å². The molecule has 1 aromatic rings. The van der Waals surface area contributed by atoms with Gasteiger partial charge in [0.15, 0.2) is 5.69 Å². The maximum absolute atomic E-state index is 11.5. The summed E-state index contributed by atoms with van der Waals surface area (Å²) in [5, 5.41) is 14.7. The zero-order valence-electron chi connectivity index (χ0n) is 9.90. The van der Waals surface area contributed by atoms with Crippen molar-refractivity contribution in [1.29, 1.82) is 0 Å². The molecule has 0 aliphatic rings. The molecular weight excluding hydrogens is 242 g/mol. The number of carbonyl (C=O) groups excluding carboxylic acids is 1. The van der Waals surface area contributed by atoms with E-state index >= 15 is 0 Å². The minimum atomic E-state index is -1.11. The average Bonchev–Trinajstić information content (AvgIpc) is 2.59. The molecule has 0 unspecified atom stereocenters. The van der Waals surface area contributed by atoms with Crippen molar-refractivity contribution < 1.29 is 14.7 Å². The van der Waals surface area contributed by atoms with E-state index in [1.165, 1.54) is 5.51 Å². The molecule has 0 aromatic carbocycles. The predicted octanol–water partition coefficient (Wildman–Crippen LogP) is 1.17. The van der Waals surface area contributed by atoms with Crippen LogP contribution in [0.25, 0.3) is 0 Å². The molecular formula is C10H15N3O3S. The zero-order chi connectivity index (χ0) is 13.1. The summed E-state index contributed by atoms with van der Waals surface area (Å²) < 4.78 is 0. The standard InChI is InChI=1S/C10H15N3O3S/c1-10(2,3)13-6(14)4-11-8-7(9(15)16)12-5-17-8/h5,11H,4H2,1-3H3,(H,13,14)(H,15,16). The summed E-state index contributed by atoms with van der Waals surface area (Å²) in [6, 6.07) is 0. The molecule has 0 saturated heterocycles. The first-order chi connectivity index (χ1) is 7.79. The first kappa shape index (κ1) is 13.4. The summed E-state index contributed by atoms with van der Waals surface area (Å²) in [4.78, 5) is 26.0. The van der Waals surface area contributed by atoms with Crippen LogP contribution in [0, 0.1) is 0 Å². The van der Waals surface area contributed by atoms with Crippen LogP contribution in [0.1, 0.15) is 31.3 Å². The van der Waals surface area contributed by atoms with Crippen LogP contribution in [0.4, 0.5) is 5.00 Å². The average molecular weight is 257 g/mol. The summed E-state index contributed by atoms with van der Waals surface area (Å²) >= 11 is 1.15. The van der Waals surface area contributed by atoms with Gasteiger partial charge in [0.1, 0.15) is 5.00 Å². The Labute approximate surface area is 103 Å². The van der Waals surface area contributed by atoms with Crippen LogP contribution in [0.15, 0.2) is 5.51 Å². The van der Waals surface area contributed by atoms with E-state index in [-0.39, 0.29) is 23.7 Å². The molecule has 0 radical (unpaired) electrons. The summed E-state index contributed by atoms with van der Waals surface area (Å²) in [7, 11) is 0. The Bertz CT molecular complexity index is 423. The van der Waals surface area contributed by atoms with Crippen molar-refractivity contribution in [3.8, 4) is 0 Å². The number of carboxylic acids is 1. The van der Waals surface area contributed by atoms with Crippen LogP contribution in [-0.4, -0.2) is 34.1 Å².